The third-order valence-electron chi connectivity index (χ3n) is 7.11. The third-order valence-corrected chi connectivity index (χ3v) is 9.22. The Bertz CT molecular complexity index is 1740. The van der Waals surface area contributed by atoms with Crippen LogP contribution in [0.2, 0.25) is 0 Å². The highest BCUT2D eigenvalue weighted by molar-refractivity contribution is 8.00. The zero-order valence-corrected chi connectivity index (χ0v) is 25.3. The Morgan fingerprint density at radius 1 is 1.07 bits per heavy atom. The normalized spacial score (nSPS) is 17.2. The summed E-state index contributed by atoms with van der Waals surface area (Å²) < 4.78 is 31.8. The number of benzene rings is 3. The van der Waals surface area contributed by atoms with Crippen LogP contribution in [0.5, 0.6) is 17.2 Å². The summed E-state index contributed by atoms with van der Waals surface area (Å²) in [5.41, 5.74) is 1.25. The number of anilines is 1. The molecule has 9 nitrogen and oxygen atoms in total. The molecule has 44 heavy (non-hydrogen) atoms. The molecule has 0 aliphatic carbocycles. The second-order valence-corrected chi connectivity index (χ2v) is 12.2. The summed E-state index contributed by atoms with van der Waals surface area (Å²) in [4.78, 5) is 28.5. The van der Waals surface area contributed by atoms with Crippen LogP contribution < -0.4 is 19.1 Å². The van der Waals surface area contributed by atoms with E-state index in [4.69, 9.17) is 14.2 Å². The van der Waals surface area contributed by atoms with Gasteiger partial charge in [0.15, 0.2) is 15.8 Å². The van der Waals surface area contributed by atoms with Crippen molar-refractivity contribution in [1.29, 1.82) is 0 Å². The lowest BCUT2D eigenvalue weighted by molar-refractivity contribution is -0.132. The highest BCUT2D eigenvalue weighted by Crippen LogP contribution is 2.45. The number of ether oxygens (including phenoxy) is 3. The maximum Gasteiger partial charge on any atom is 0.301 e. The minimum Gasteiger partial charge on any atom is -0.507 e. The van der Waals surface area contributed by atoms with Gasteiger partial charge >= 0.3 is 5.91 Å². The molecule has 1 atom stereocenters. The topological polar surface area (TPSA) is 111 Å². The van der Waals surface area contributed by atoms with Gasteiger partial charge < -0.3 is 19.3 Å². The number of amides is 1. The number of Topliss-reactive ketones (excluding diaryl/α,β-unsaturated/α-hetero) is 1. The number of hydrogen-bond donors (Lipinski definition) is 1. The molecule has 1 aromatic heterocycles. The highest BCUT2D eigenvalue weighted by Gasteiger charge is 2.48. The summed E-state index contributed by atoms with van der Waals surface area (Å²) in [6.07, 6.45) is 1.83. The Kier molecular flexibility index (Phi) is 8.80. The number of nitrogens with zero attached hydrogens (tertiary/aromatic N) is 3. The van der Waals surface area contributed by atoms with Gasteiger partial charge in [-0.25, -0.2) is 4.39 Å². The van der Waals surface area contributed by atoms with Gasteiger partial charge in [0, 0.05) is 11.3 Å². The number of ketones is 1. The zero-order chi connectivity index (χ0) is 30.6. The summed E-state index contributed by atoms with van der Waals surface area (Å²) >= 11 is 2.38. The van der Waals surface area contributed by atoms with Gasteiger partial charge in [0.2, 0.25) is 5.13 Å². The number of carbonyl (C=O) groups is 2. The number of fused-ring (bicyclic) bond motifs is 1. The standard InChI is InChI=1S/C32H28FN3O6S2/c1-2-3-13-40-22-9-6-8-19(16-22)27-26(28(37)20-11-12-24-25(17-20)42-15-14-41-24)29(38)30(39)36(27)31-34-35-32(44-31)43-18-21-7-4-5-10-23(21)33/h4-12,16-17,27,37H,2-3,13-15,18H2,1H3/t27-/m1/s1. The van der Waals surface area contributed by atoms with E-state index in [1.54, 1.807) is 60.7 Å². The largest absolute Gasteiger partial charge is 0.507 e. The van der Waals surface area contributed by atoms with Crippen molar-refractivity contribution in [2.24, 2.45) is 0 Å². The van der Waals surface area contributed by atoms with Crippen LogP contribution in [0.1, 0.15) is 42.5 Å². The van der Waals surface area contributed by atoms with Gasteiger partial charge in [-0.15, -0.1) is 10.2 Å². The van der Waals surface area contributed by atoms with Crippen molar-refractivity contribution in [1.82, 2.24) is 10.2 Å². The van der Waals surface area contributed by atoms with Crippen LogP contribution in [0, 0.1) is 5.82 Å². The Balaban J connectivity index is 1.39. The molecule has 2 aliphatic heterocycles. The van der Waals surface area contributed by atoms with Crippen molar-refractivity contribution in [2.75, 3.05) is 24.7 Å². The van der Waals surface area contributed by atoms with Crippen LogP contribution in [-0.2, 0) is 15.3 Å². The summed E-state index contributed by atoms with van der Waals surface area (Å²) in [6.45, 7) is 3.33. The monoisotopic (exact) mass is 633 g/mol. The fourth-order valence-corrected chi connectivity index (χ4v) is 6.77. The van der Waals surface area contributed by atoms with Gasteiger partial charge in [0.05, 0.1) is 18.2 Å². The van der Waals surface area contributed by atoms with E-state index in [0.717, 1.165) is 24.2 Å². The first-order chi connectivity index (χ1) is 21.4. The first kappa shape index (κ1) is 29.6. The average Bonchev–Trinajstić information content (AvgIpc) is 3.62. The van der Waals surface area contributed by atoms with E-state index < -0.39 is 17.7 Å². The number of halogens is 1. The summed E-state index contributed by atoms with van der Waals surface area (Å²) in [5, 5.41) is 20.2. The number of unbranched alkanes of at least 4 members (excludes halogenated alkanes) is 1. The molecule has 3 aromatic carbocycles. The third kappa shape index (κ3) is 6.00. The number of rotatable bonds is 10. The lowest BCUT2D eigenvalue weighted by Gasteiger charge is -2.23. The Hall–Kier alpha value is -4.42. The number of thioether (sulfide) groups is 1. The predicted octanol–water partition coefficient (Wildman–Crippen LogP) is 6.55. The van der Waals surface area contributed by atoms with Crippen LogP contribution in [0.4, 0.5) is 9.52 Å². The maximum atomic E-state index is 14.2. The number of hydrogen-bond acceptors (Lipinski definition) is 10. The Morgan fingerprint density at radius 2 is 1.89 bits per heavy atom. The Labute approximate surface area is 261 Å². The van der Waals surface area contributed by atoms with Crippen molar-refractivity contribution < 1.29 is 33.3 Å². The van der Waals surface area contributed by atoms with E-state index in [1.807, 2.05) is 0 Å². The molecular weight excluding hydrogens is 605 g/mol. The second-order valence-electron chi connectivity index (χ2n) is 10.0. The number of aromatic nitrogens is 2. The molecule has 0 radical (unpaired) electrons. The van der Waals surface area contributed by atoms with Gasteiger partial charge in [-0.05, 0) is 53.9 Å². The van der Waals surface area contributed by atoms with Gasteiger partial charge in [-0.1, -0.05) is 66.8 Å². The van der Waals surface area contributed by atoms with E-state index in [-0.39, 0.29) is 22.3 Å². The first-order valence-electron chi connectivity index (χ1n) is 14.1. The van der Waals surface area contributed by atoms with Crippen LogP contribution in [-0.4, -0.2) is 46.8 Å². The summed E-state index contributed by atoms with van der Waals surface area (Å²) in [5.74, 6) is -0.568. The quantitative estimate of drug-likeness (QED) is 0.0519. The molecule has 0 bridgehead atoms. The van der Waals surface area contributed by atoms with E-state index >= 15 is 0 Å². The predicted molar refractivity (Wildman–Crippen MR) is 165 cm³/mol. The van der Waals surface area contributed by atoms with E-state index in [9.17, 15) is 19.1 Å². The molecule has 0 saturated carbocycles. The molecule has 0 unspecified atom stereocenters. The summed E-state index contributed by atoms with van der Waals surface area (Å²) in [6, 6.07) is 17.4. The van der Waals surface area contributed by atoms with Gasteiger partial charge in [0.25, 0.3) is 5.78 Å². The molecule has 1 saturated heterocycles. The minimum absolute atomic E-state index is 0.104. The van der Waals surface area contributed by atoms with Crippen LogP contribution in [0.25, 0.3) is 5.76 Å². The van der Waals surface area contributed by atoms with Gasteiger partial charge in [0.1, 0.15) is 30.5 Å². The number of aliphatic hydroxyl groups is 1. The van der Waals surface area contributed by atoms with Crippen LogP contribution in [0.15, 0.2) is 76.6 Å². The van der Waals surface area contributed by atoms with Crippen molar-refractivity contribution in [3.63, 3.8) is 0 Å². The first-order valence-corrected chi connectivity index (χ1v) is 15.9. The molecular formula is C32H28FN3O6S2. The molecule has 6 rings (SSSR count). The zero-order valence-electron chi connectivity index (χ0n) is 23.7. The van der Waals surface area contributed by atoms with Crippen LogP contribution >= 0.6 is 23.1 Å². The molecule has 1 fully saturated rings. The van der Waals surface area contributed by atoms with Crippen molar-refractivity contribution in [3.8, 4) is 17.2 Å². The SMILES string of the molecule is CCCCOc1cccc([C@@H]2C(=C(O)c3ccc4c(c3)OCCO4)C(=O)C(=O)N2c2nnc(SCc3ccccc3F)s2)c1. The smallest absolute Gasteiger partial charge is 0.301 e. The lowest BCUT2D eigenvalue weighted by Crippen LogP contribution is -2.29. The molecule has 0 spiro atoms. The molecule has 1 amide bonds. The number of carbonyl (C=O) groups excluding carboxylic acids is 2. The van der Waals surface area contributed by atoms with E-state index in [2.05, 4.69) is 17.1 Å². The fraction of sp³-hybridized carbons (Fsp3) is 0.250. The molecule has 2 aliphatic rings. The average molecular weight is 634 g/mol. The fourth-order valence-electron chi connectivity index (χ4n) is 4.91. The van der Waals surface area contributed by atoms with E-state index in [0.29, 0.717) is 63.9 Å². The van der Waals surface area contributed by atoms with Crippen LogP contribution in [0.3, 0.4) is 0 Å². The molecule has 1 N–H and O–H groups in total. The van der Waals surface area contributed by atoms with E-state index in [1.165, 1.54) is 22.7 Å². The molecule has 3 heterocycles. The molecule has 4 aromatic rings. The number of aliphatic hydroxyl groups excluding tert-OH is 1. The maximum absolute atomic E-state index is 14.2. The van der Waals surface area contributed by atoms with Crippen molar-refractivity contribution in [3.05, 3.63) is 94.8 Å². The van der Waals surface area contributed by atoms with Crippen molar-refractivity contribution in [2.45, 2.75) is 35.9 Å². The lowest BCUT2D eigenvalue weighted by atomic mass is 9.95. The highest BCUT2D eigenvalue weighted by atomic mass is 32.2. The minimum atomic E-state index is -1.02. The van der Waals surface area contributed by atoms with Gasteiger partial charge in [-0.3, -0.25) is 14.5 Å². The molecule has 12 heteroatoms. The Morgan fingerprint density at radius 3 is 2.70 bits per heavy atom. The second kappa shape index (κ2) is 13.1. The van der Waals surface area contributed by atoms with Gasteiger partial charge in [-0.2, -0.15) is 0 Å². The van der Waals surface area contributed by atoms with Crippen molar-refractivity contribution >= 4 is 45.7 Å². The molecule has 226 valence electrons. The summed E-state index contributed by atoms with van der Waals surface area (Å²) in [7, 11) is 0.